The van der Waals surface area contributed by atoms with Crippen molar-refractivity contribution in [2.24, 2.45) is 5.92 Å². The first kappa shape index (κ1) is 13.4. The van der Waals surface area contributed by atoms with Gasteiger partial charge in [0.15, 0.2) is 0 Å². The summed E-state index contributed by atoms with van der Waals surface area (Å²) in [5.74, 6) is 2.71. The zero-order chi connectivity index (χ0) is 13.0. The molecule has 5 heteroatoms. The summed E-state index contributed by atoms with van der Waals surface area (Å²) in [6, 6.07) is 1.88. The van der Waals surface area contributed by atoms with Gasteiger partial charge in [-0.15, -0.1) is 11.6 Å². The number of rotatable bonds is 5. The average Bonchev–Trinajstić information content (AvgIpc) is 2.84. The normalized spacial score (nSPS) is 19.3. The van der Waals surface area contributed by atoms with E-state index < -0.39 is 0 Å². The van der Waals surface area contributed by atoms with Crippen LogP contribution < -0.4 is 9.64 Å². The summed E-state index contributed by atoms with van der Waals surface area (Å²) >= 11 is 5.90. The highest BCUT2D eigenvalue weighted by molar-refractivity contribution is 6.18. The highest BCUT2D eigenvalue weighted by Gasteiger charge is 2.24. The minimum atomic E-state index is 0.552. The Kier molecular flexibility index (Phi) is 4.64. The highest BCUT2D eigenvalue weighted by Crippen LogP contribution is 2.23. The number of hydrogen-bond acceptors (Lipinski definition) is 4. The first-order chi connectivity index (χ1) is 8.72. The molecule has 0 saturated carbocycles. The van der Waals surface area contributed by atoms with Gasteiger partial charge in [-0.05, 0) is 25.7 Å². The molecule has 0 N–H and O–H groups in total. The molecule has 0 spiro atoms. The van der Waals surface area contributed by atoms with Crippen LogP contribution in [0.25, 0.3) is 0 Å². The average molecular weight is 270 g/mol. The van der Waals surface area contributed by atoms with Crippen molar-refractivity contribution in [3.8, 4) is 5.88 Å². The van der Waals surface area contributed by atoms with Crippen LogP contribution in [-0.4, -0.2) is 35.5 Å². The van der Waals surface area contributed by atoms with Gasteiger partial charge in [0.1, 0.15) is 0 Å². The number of aromatic nitrogens is 2. The van der Waals surface area contributed by atoms with Gasteiger partial charge < -0.3 is 9.64 Å². The number of hydrogen-bond donors (Lipinski definition) is 0. The molecule has 0 radical (unpaired) electrons. The van der Waals surface area contributed by atoms with Crippen molar-refractivity contribution in [2.75, 3.05) is 30.5 Å². The molecule has 1 aliphatic rings. The third-order valence-electron chi connectivity index (χ3n) is 3.06. The van der Waals surface area contributed by atoms with Crippen LogP contribution in [0.2, 0.25) is 0 Å². The Morgan fingerprint density at radius 1 is 1.50 bits per heavy atom. The van der Waals surface area contributed by atoms with E-state index in [2.05, 4.69) is 21.8 Å². The second-order valence-corrected chi connectivity index (χ2v) is 5.06. The Hall–Kier alpha value is -1.03. The van der Waals surface area contributed by atoms with Crippen molar-refractivity contribution < 1.29 is 4.74 Å². The molecule has 1 aliphatic heterocycles. The molecule has 0 bridgehead atoms. The van der Waals surface area contributed by atoms with E-state index in [1.807, 2.05) is 13.0 Å². The lowest BCUT2D eigenvalue weighted by atomic mass is 10.2. The SMILES string of the molecule is CCCOc1cc(C)nc(N2CCC(CCl)C2)n1. The van der Waals surface area contributed by atoms with Crippen LogP contribution in [0.15, 0.2) is 6.07 Å². The summed E-state index contributed by atoms with van der Waals surface area (Å²) in [4.78, 5) is 11.1. The Labute approximate surface area is 113 Å². The molecule has 18 heavy (non-hydrogen) atoms. The van der Waals surface area contributed by atoms with E-state index in [4.69, 9.17) is 16.3 Å². The summed E-state index contributed by atoms with van der Waals surface area (Å²) in [6.07, 6.45) is 2.10. The van der Waals surface area contributed by atoms with Crippen LogP contribution in [-0.2, 0) is 0 Å². The molecule has 2 heterocycles. The predicted molar refractivity (Wildman–Crippen MR) is 73.6 cm³/mol. The van der Waals surface area contributed by atoms with Crippen LogP contribution in [0, 0.1) is 12.8 Å². The number of nitrogens with zero attached hydrogens (tertiary/aromatic N) is 3. The third kappa shape index (κ3) is 3.25. The molecule has 1 fully saturated rings. The lowest BCUT2D eigenvalue weighted by Gasteiger charge is -2.17. The number of alkyl halides is 1. The van der Waals surface area contributed by atoms with Gasteiger partial charge in [0.25, 0.3) is 0 Å². The maximum atomic E-state index is 5.90. The third-order valence-corrected chi connectivity index (χ3v) is 3.50. The highest BCUT2D eigenvalue weighted by atomic mass is 35.5. The fourth-order valence-electron chi connectivity index (χ4n) is 2.09. The van der Waals surface area contributed by atoms with Crippen molar-refractivity contribution in [3.63, 3.8) is 0 Å². The van der Waals surface area contributed by atoms with E-state index >= 15 is 0 Å². The van der Waals surface area contributed by atoms with E-state index in [1.165, 1.54) is 0 Å². The lowest BCUT2D eigenvalue weighted by molar-refractivity contribution is 0.304. The maximum absolute atomic E-state index is 5.90. The molecule has 1 aromatic rings. The molecule has 1 unspecified atom stereocenters. The lowest BCUT2D eigenvalue weighted by Crippen LogP contribution is -2.23. The van der Waals surface area contributed by atoms with Crippen molar-refractivity contribution in [1.82, 2.24) is 9.97 Å². The largest absolute Gasteiger partial charge is 0.478 e. The van der Waals surface area contributed by atoms with E-state index in [9.17, 15) is 0 Å². The van der Waals surface area contributed by atoms with Crippen molar-refractivity contribution in [3.05, 3.63) is 11.8 Å². The van der Waals surface area contributed by atoms with Gasteiger partial charge in [-0.25, -0.2) is 4.98 Å². The summed E-state index contributed by atoms with van der Waals surface area (Å²) < 4.78 is 5.59. The van der Waals surface area contributed by atoms with Crippen molar-refractivity contribution in [1.29, 1.82) is 0 Å². The number of anilines is 1. The van der Waals surface area contributed by atoms with Crippen LogP contribution in [0.5, 0.6) is 5.88 Å². The summed E-state index contributed by atoms with van der Waals surface area (Å²) in [5, 5.41) is 0. The monoisotopic (exact) mass is 269 g/mol. The van der Waals surface area contributed by atoms with Gasteiger partial charge in [0, 0.05) is 30.7 Å². The minimum absolute atomic E-state index is 0.552. The van der Waals surface area contributed by atoms with E-state index in [-0.39, 0.29) is 0 Å². The first-order valence-corrected chi connectivity index (χ1v) is 7.05. The van der Waals surface area contributed by atoms with Gasteiger partial charge in [-0.1, -0.05) is 6.92 Å². The second kappa shape index (κ2) is 6.23. The fourth-order valence-corrected chi connectivity index (χ4v) is 2.34. The smallest absolute Gasteiger partial charge is 0.228 e. The van der Waals surface area contributed by atoms with E-state index in [1.54, 1.807) is 0 Å². The van der Waals surface area contributed by atoms with Crippen LogP contribution in [0.4, 0.5) is 5.95 Å². The van der Waals surface area contributed by atoms with Crippen molar-refractivity contribution >= 4 is 17.5 Å². The van der Waals surface area contributed by atoms with Crippen LogP contribution in [0.3, 0.4) is 0 Å². The quantitative estimate of drug-likeness (QED) is 0.771. The zero-order valence-electron chi connectivity index (χ0n) is 11.0. The Bertz CT molecular complexity index is 400. The van der Waals surface area contributed by atoms with Crippen molar-refractivity contribution in [2.45, 2.75) is 26.7 Å². The molecular formula is C13H20ClN3O. The number of halogens is 1. The summed E-state index contributed by atoms with van der Waals surface area (Å²) in [5.41, 5.74) is 0.945. The Morgan fingerprint density at radius 3 is 3.00 bits per heavy atom. The molecule has 0 aliphatic carbocycles. The Balaban J connectivity index is 2.10. The molecule has 100 valence electrons. The Morgan fingerprint density at radius 2 is 2.33 bits per heavy atom. The minimum Gasteiger partial charge on any atom is -0.478 e. The maximum Gasteiger partial charge on any atom is 0.228 e. The molecule has 4 nitrogen and oxygen atoms in total. The molecule has 1 saturated heterocycles. The van der Waals surface area contributed by atoms with Crippen LogP contribution in [0.1, 0.15) is 25.5 Å². The van der Waals surface area contributed by atoms with E-state index in [0.717, 1.165) is 37.6 Å². The predicted octanol–water partition coefficient (Wildman–Crippen LogP) is 2.64. The summed E-state index contributed by atoms with van der Waals surface area (Å²) in [7, 11) is 0. The summed E-state index contributed by atoms with van der Waals surface area (Å²) in [6.45, 7) is 6.67. The topological polar surface area (TPSA) is 38.2 Å². The van der Waals surface area contributed by atoms with Gasteiger partial charge in [-0.3, -0.25) is 0 Å². The van der Waals surface area contributed by atoms with Gasteiger partial charge in [-0.2, -0.15) is 4.98 Å². The standard InChI is InChI=1S/C13H20ClN3O/c1-3-6-18-12-7-10(2)15-13(16-12)17-5-4-11(8-14)9-17/h7,11H,3-6,8-9H2,1-2H3. The van der Waals surface area contributed by atoms with Gasteiger partial charge >= 0.3 is 0 Å². The number of aryl methyl sites for hydroxylation is 1. The fraction of sp³-hybridized carbons (Fsp3) is 0.692. The molecule has 2 rings (SSSR count). The van der Waals surface area contributed by atoms with E-state index in [0.29, 0.717) is 24.3 Å². The molecule has 0 amide bonds. The first-order valence-electron chi connectivity index (χ1n) is 6.52. The molecule has 1 atom stereocenters. The number of ether oxygens (including phenoxy) is 1. The zero-order valence-corrected chi connectivity index (χ0v) is 11.8. The molecular weight excluding hydrogens is 250 g/mol. The second-order valence-electron chi connectivity index (χ2n) is 4.75. The van der Waals surface area contributed by atoms with Crippen LogP contribution >= 0.6 is 11.6 Å². The van der Waals surface area contributed by atoms with Gasteiger partial charge in [0.05, 0.1) is 6.61 Å². The van der Waals surface area contributed by atoms with Gasteiger partial charge in [0.2, 0.25) is 11.8 Å². The molecule has 1 aromatic heterocycles. The molecule has 0 aromatic carbocycles.